The molecule has 2 aromatic carbocycles. The lowest BCUT2D eigenvalue weighted by Gasteiger charge is -2.13. The van der Waals surface area contributed by atoms with Gasteiger partial charge in [-0.05, 0) is 81.8 Å². The maximum atomic E-state index is 3.71. The fraction of sp³-hybridized carbons (Fsp3) is 0.250. The highest BCUT2D eigenvalue weighted by Crippen LogP contribution is 2.38. The lowest BCUT2D eigenvalue weighted by atomic mass is 9.97. The molecule has 0 fully saturated rings. The van der Waals surface area contributed by atoms with Crippen LogP contribution >= 0.6 is 31.9 Å². The molecular formula is C16H16Br2. The predicted molar refractivity (Wildman–Crippen MR) is 86.2 cm³/mol. The van der Waals surface area contributed by atoms with Crippen LogP contribution in [0.4, 0.5) is 0 Å². The molecule has 0 N–H and O–H groups in total. The molecule has 0 unspecified atom stereocenters. The highest BCUT2D eigenvalue weighted by Gasteiger charge is 2.12. The van der Waals surface area contributed by atoms with Gasteiger partial charge in [0, 0.05) is 8.95 Å². The maximum absolute atomic E-state index is 3.71. The minimum Gasteiger partial charge on any atom is -0.0552 e. The largest absolute Gasteiger partial charge is 0.0552 e. The van der Waals surface area contributed by atoms with Crippen molar-refractivity contribution in [3.8, 4) is 11.1 Å². The van der Waals surface area contributed by atoms with Gasteiger partial charge in [0.05, 0.1) is 0 Å². The van der Waals surface area contributed by atoms with Crippen molar-refractivity contribution >= 4 is 31.9 Å². The Morgan fingerprint density at radius 3 is 1.28 bits per heavy atom. The molecule has 2 rings (SSSR count). The van der Waals surface area contributed by atoms with Crippen LogP contribution in [0.2, 0.25) is 0 Å². The number of rotatable bonds is 1. The van der Waals surface area contributed by atoms with Gasteiger partial charge in [0.25, 0.3) is 0 Å². The van der Waals surface area contributed by atoms with E-state index in [9.17, 15) is 0 Å². The number of aryl methyl sites for hydroxylation is 4. The standard InChI is InChI=1S/C16H16Br2/c1-9-5-11(3)15(17)13(7-9)14-8-10(2)6-12(4)16(14)18/h5-8H,1-4H3. The van der Waals surface area contributed by atoms with Crippen LogP contribution in [0.3, 0.4) is 0 Å². The first-order valence-electron chi connectivity index (χ1n) is 5.94. The monoisotopic (exact) mass is 366 g/mol. The summed E-state index contributed by atoms with van der Waals surface area (Å²) in [6.07, 6.45) is 0. The average Bonchev–Trinajstić information content (AvgIpc) is 2.28. The second kappa shape index (κ2) is 5.18. The summed E-state index contributed by atoms with van der Waals surface area (Å²) in [5.74, 6) is 0. The molecule has 0 aromatic heterocycles. The molecule has 0 atom stereocenters. The molecule has 0 amide bonds. The van der Waals surface area contributed by atoms with E-state index in [1.54, 1.807) is 0 Å². The van der Waals surface area contributed by atoms with Crippen LogP contribution in [0.1, 0.15) is 22.3 Å². The summed E-state index contributed by atoms with van der Waals surface area (Å²) in [6, 6.07) is 8.86. The van der Waals surface area contributed by atoms with Crippen LogP contribution in [0, 0.1) is 27.7 Å². The number of hydrogen-bond donors (Lipinski definition) is 0. The minimum atomic E-state index is 1.18. The summed E-state index contributed by atoms with van der Waals surface area (Å²) in [7, 11) is 0. The fourth-order valence-electron chi connectivity index (χ4n) is 2.29. The molecule has 0 radical (unpaired) electrons. The first-order valence-corrected chi connectivity index (χ1v) is 7.52. The Balaban J connectivity index is 2.77. The number of benzene rings is 2. The van der Waals surface area contributed by atoms with Crippen molar-refractivity contribution in [1.82, 2.24) is 0 Å². The molecule has 0 saturated heterocycles. The zero-order chi connectivity index (χ0) is 13.4. The summed E-state index contributed by atoms with van der Waals surface area (Å²) in [5, 5.41) is 0. The van der Waals surface area contributed by atoms with Crippen molar-refractivity contribution in [3.05, 3.63) is 55.5 Å². The first kappa shape index (κ1) is 13.8. The molecule has 0 bridgehead atoms. The van der Waals surface area contributed by atoms with E-state index in [0.29, 0.717) is 0 Å². The summed E-state index contributed by atoms with van der Waals surface area (Å²) in [6.45, 7) is 8.55. The zero-order valence-corrected chi connectivity index (χ0v) is 14.2. The Labute approximate surface area is 126 Å². The van der Waals surface area contributed by atoms with Gasteiger partial charge in [0.1, 0.15) is 0 Å². The smallest absolute Gasteiger partial charge is 0.0283 e. The fourth-order valence-corrected chi connectivity index (χ4v) is 3.18. The third kappa shape index (κ3) is 2.55. The van der Waals surface area contributed by atoms with Gasteiger partial charge in [-0.25, -0.2) is 0 Å². The van der Waals surface area contributed by atoms with Crippen molar-refractivity contribution in [2.24, 2.45) is 0 Å². The third-order valence-corrected chi connectivity index (χ3v) is 5.19. The van der Waals surface area contributed by atoms with E-state index in [1.165, 1.54) is 42.3 Å². The van der Waals surface area contributed by atoms with Crippen LogP contribution in [-0.4, -0.2) is 0 Å². The van der Waals surface area contributed by atoms with Gasteiger partial charge in [0.15, 0.2) is 0 Å². The van der Waals surface area contributed by atoms with E-state index >= 15 is 0 Å². The van der Waals surface area contributed by atoms with Crippen molar-refractivity contribution < 1.29 is 0 Å². The zero-order valence-electron chi connectivity index (χ0n) is 11.1. The molecule has 0 aliphatic heterocycles. The first-order chi connectivity index (χ1) is 8.40. The molecule has 0 aliphatic carbocycles. The molecule has 0 aliphatic rings. The second-order valence-electron chi connectivity index (χ2n) is 4.89. The lowest BCUT2D eigenvalue weighted by molar-refractivity contribution is 1.32. The lowest BCUT2D eigenvalue weighted by Crippen LogP contribution is -1.90. The van der Waals surface area contributed by atoms with Gasteiger partial charge in [-0.15, -0.1) is 0 Å². The normalized spacial score (nSPS) is 10.8. The Hall–Kier alpha value is -0.600. The van der Waals surface area contributed by atoms with Gasteiger partial charge in [-0.3, -0.25) is 0 Å². The van der Waals surface area contributed by atoms with E-state index in [4.69, 9.17) is 0 Å². The van der Waals surface area contributed by atoms with Crippen molar-refractivity contribution in [3.63, 3.8) is 0 Å². The molecule has 94 valence electrons. The van der Waals surface area contributed by atoms with E-state index in [0.717, 1.165) is 0 Å². The Morgan fingerprint density at radius 1 is 0.611 bits per heavy atom. The van der Waals surface area contributed by atoms with Crippen LogP contribution in [0.25, 0.3) is 11.1 Å². The minimum absolute atomic E-state index is 1.18. The Kier molecular flexibility index (Phi) is 3.98. The van der Waals surface area contributed by atoms with Crippen molar-refractivity contribution in [2.75, 3.05) is 0 Å². The SMILES string of the molecule is Cc1cc(C)c(Br)c(-c2cc(C)cc(C)c2Br)c1. The molecule has 18 heavy (non-hydrogen) atoms. The van der Waals surface area contributed by atoms with Crippen LogP contribution in [0.15, 0.2) is 33.2 Å². The van der Waals surface area contributed by atoms with Crippen LogP contribution in [0.5, 0.6) is 0 Å². The topological polar surface area (TPSA) is 0 Å². The van der Waals surface area contributed by atoms with Crippen LogP contribution in [-0.2, 0) is 0 Å². The summed E-state index contributed by atoms with van der Waals surface area (Å²) in [5.41, 5.74) is 7.64. The summed E-state index contributed by atoms with van der Waals surface area (Å²) < 4.78 is 2.36. The van der Waals surface area contributed by atoms with Gasteiger partial charge in [-0.2, -0.15) is 0 Å². The molecule has 2 aromatic rings. The molecular weight excluding hydrogens is 352 g/mol. The Bertz CT molecular complexity index is 557. The molecule has 0 saturated carbocycles. The highest BCUT2D eigenvalue weighted by atomic mass is 79.9. The predicted octanol–water partition coefficient (Wildman–Crippen LogP) is 6.11. The maximum Gasteiger partial charge on any atom is 0.0283 e. The van der Waals surface area contributed by atoms with E-state index < -0.39 is 0 Å². The number of halogens is 2. The second-order valence-corrected chi connectivity index (χ2v) is 6.47. The quantitative estimate of drug-likeness (QED) is 0.570. The summed E-state index contributed by atoms with van der Waals surface area (Å²) >= 11 is 7.43. The summed E-state index contributed by atoms with van der Waals surface area (Å²) in [4.78, 5) is 0. The molecule has 0 heterocycles. The van der Waals surface area contributed by atoms with Crippen LogP contribution < -0.4 is 0 Å². The van der Waals surface area contributed by atoms with Gasteiger partial charge in [0.2, 0.25) is 0 Å². The Morgan fingerprint density at radius 2 is 0.944 bits per heavy atom. The molecule has 0 nitrogen and oxygen atoms in total. The van der Waals surface area contributed by atoms with Gasteiger partial charge < -0.3 is 0 Å². The van der Waals surface area contributed by atoms with Crippen molar-refractivity contribution in [1.29, 1.82) is 0 Å². The van der Waals surface area contributed by atoms with E-state index in [2.05, 4.69) is 83.8 Å². The number of hydrogen-bond acceptors (Lipinski definition) is 0. The molecule has 0 spiro atoms. The van der Waals surface area contributed by atoms with E-state index in [-0.39, 0.29) is 0 Å². The average molecular weight is 368 g/mol. The van der Waals surface area contributed by atoms with Crippen molar-refractivity contribution in [2.45, 2.75) is 27.7 Å². The highest BCUT2D eigenvalue weighted by molar-refractivity contribution is 9.11. The van der Waals surface area contributed by atoms with E-state index in [1.807, 2.05) is 0 Å². The van der Waals surface area contributed by atoms with Gasteiger partial charge >= 0.3 is 0 Å². The van der Waals surface area contributed by atoms with Gasteiger partial charge in [-0.1, -0.05) is 35.4 Å². The molecule has 2 heteroatoms. The third-order valence-electron chi connectivity index (χ3n) is 3.09.